The Hall–Kier alpha value is -5.44. The van der Waals surface area contributed by atoms with Gasteiger partial charge in [0.2, 0.25) is 0 Å². The molecule has 0 N–H and O–H groups in total. The first-order valence-electron chi connectivity index (χ1n) is 15.0. The van der Waals surface area contributed by atoms with Gasteiger partial charge in [-0.25, -0.2) is 0 Å². The fourth-order valence-corrected chi connectivity index (χ4v) is 8.01. The maximum atomic E-state index is 2.47. The van der Waals surface area contributed by atoms with Crippen LogP contribution in [-0.4, -0.2) is 0 Å². The molecule has 0 saturated carbocycles. The molecule has 8 aromatic carbocycles. The summed E-state index contributed by atoms with van der Waals surface area (Å²) in [5, 5.41) is 10.2. The van der Waals surface area contributed by atoms with Crippen LogP contribution in [0.5, 0.6) is 0 Å². The van der Waals surface area contributed by atoms with Gasteiger partial charge in [-0.2, -0.15) is 0 Å². The van der Waals surface area contributed by atoms with E-state index in [9.17, 15) is 0 Å². The third-order valence-corrected chi connectivity index (χ3v) is 10.0. The molecular formula is C42H27NS. The second kappa shape index (κ2) is 10.1. The Balaban J connectivity index is 1.32. The minimum atomic E-state index is 1.14. The maximum absolute atomic E-state index is 2.47. The van der Waals surface area contributed by atoms with Crippen molar-refractivity contribution in [1.29, 1.82) is 0 Å². The average molecular weight is 578 g/mol. The number of hydrogen-bond donors (Lipinski definition) is 0. The molecule has 0 fully saturated rings. The van der Waals surface area contributed by atoms with E-state index in [1.807, 2.05) is 11.3 Å². The van der Waals surface area contributed by atoms with E-state index < -0.39 is 0 Å². The lowest BCUT2D eigenvalue weighted by Crippen LogP contribution is -2.10. The zero-order chi connectivity index (χ0) is 29.0. The maximum Gasteiger partial charge on any atom is 0.0640 e. The molecule has 0 atom stereocenters. The van der Waals surface area contributed by atoms with Crippen molar-refractivity contribution in [2.75, 3.05) is 4.90 Å². The monoisotopic (exact) mass is 577 g/mol. The van der Waals surface area contributed by atoms with E-state index in [-0.39, 0.29) is 0 Å². The number of thiophene rings is 1. The van der Waals surface area contributed by atoms with Crippen molar-refractivity contribution in [2.24, 2.45) is 0 Å². The van der Waals surface area contributed by atoms with E-state index in [1.165, 1.54) is 75.0 Å². The van der Waals surface area contributed by atoms with Crippen LogP contribution in [-0.2, 0) is 0 Å². The molecule has 0 amide bonds. The largest absolute Gasteiger partial charge is 0.308 e. The minimum absolute atomic E-state index is 1.14. The van der Waals surface area contributed by atoms with Crippen LogP contribution in [0.15, 0.2) is 164 Å². The summed E-state index contributed by atoms with van der Waals surface area (Å²) in [6.45, 7) is 0. The molecule has 2 heteroatoms. The first kappa shape index (κ1) is 25.1. The molecular weight excluding hydrogens is 551 g/mol. The Morgan fingerprint density at radius 1 is 0.386 bits per heavy atom. The summed E-state index contributed by atoms with van der Waals surface area (Å²) in [7, 11) is 0. The molecule has 206 valence electrons. The number of nitrogens with zero attached hydrogens (tertiary/aromatic N) is 1. The van der Waals surface area contributed by atoms with Crippen molar-refractivity contribution < 1.29 is 0 Å². The van der Waals surface area contributed by atoms with E-state index in [1.54, 1.807) is 0 Å². The number of benzene rings is 8. The normalized spacial score (nSPS) is 11.6. The third kappa shape index (κ3) is 3.92. The number of rotatable bonds is 4. The van der Waals surface area contributed by atoms with Gasteiger partial charge in [0.1, 0.15) is 0 Å². The lowest BCUT2D eigenvalue weighted by Gasteiger charge is -2.28. The molecule has 0 aliphatic rings. The zero-order valence-corrected chi connectivity index (χ0v) is 24.8. The SMILES string of the molecule is c1ccc2c(-c3ccc(N(c4cc5ccccc5c5ccccc45)c4cccc5c4sc4ccccc45)cc3)cccc2c1. The van der Waals surface area contributed by atoms with Crippen LogP contribution in [0.4, 0.5) is 17.1 Å². The van der Waals surface area contributed by atoms with Crippen LogP contribution in [0.2, 0.25) is 0 Å². The van der Waals surface area contributed by atoms with E-state index >= 15 is 0 Å². The standard InChI is InChI=1S/C42H27NS/c1-3-14-32-28(11-1)13-9-19-33(32)29-23-25-31(26-24-29)43(39-21-10-20-38-37-18-7-8-22-41(37)44-42(38)39)40-27-30-12-2-4-15-34(30)35-16-5-6-17-36(35)40/h1-27H. The molecule has 0 unspecified atom stereocenters. The van der Waals surface area contributed by atoms with E-state index in [2.05, 4.69) is 169 Å². The van der Waals surface area contributed by atoms with Gasteiger partial charge >= 0.3 is 0 Å². The Bertz CT molecular complexity index is 2500. The third-order valence-electron chi connectivity index (χ3n) is 8.84. The fourth-order valence-electron chi connectivity index (χ4n) is 6.80. The summed E-state index contributed by atoms with van der Waals surface area (Å²) in [6, 6.07) is 59.7. The summed E-state index contributed by atoms with van der Waals surface area (Å²) in [5.41, 5.74) is 5.99. The van der Waals surface area contributed by atoms with E-state index in [0.717, 1.165) is 5.69 Å². The minimum Gasteiger partial charge on any atom is -0.308 e. The van der Waals surface area contributed by atoms with Crippen molar-refractivity contribution in [3.63, 3.8) is 0 Å². The molecule has 0 bridgehead atoms. The van der Waals surface area contributed by atoms with Gasteiger partial charge in [-0.05, 0) is 68.4 Å². The van der Waals surface area contributed by atoms with Crippen LogP contribution in [0.3, 0.4) is 0 Å². The van der Waals surface area contributed by atoms with Crippen molar-refractivity contribution in [2.45, 2.75) is 0 Å². The van der Waals surface area contributed by atoms with Crippen LogP contribution in [0.1, 0.15) is 0 Å². The van der Waals surface area contributed by atoms with Crippen molar-refractivity contribution in [3.8, 4) is 11.1 Å². The van der Waals surface area contributed by atoms with Crippen LogP contribution in [0.25, 0.3) is 63.6 Å². The molecule has 0 radical (unpaired) electrons. The smallest absolute Gasteiger partial charge is 0.0640 e. The lowest BCUT2D eigenvalue weighted by atomic mass is 9.97. The van der Waals surface area contributed by atoms with Crippen LogP contribution >= 0.6 is 11.3 Å². The van der Waals surface area contributed by atoms with Gasteiger partial charge in [0, 0.05) is 26.5 Å². The van der Waals surface area contributed by atoms with Crippen molar-refractivity contribution in [3.05, 3.63) is 164 Å². The highest BCUT2D eigenvalue weighted by molar-refractivity contribution is 7.26. The van der Waals surface area contributed by atoms with Gasteiger partial charge in [0.05, 0.1) is 16.1 Å². The molecule has 44 heavy (non-hydrogen) atoms. The highest BCUT2D eigenvalue weighted by Gasteiger charge is 2.21. The second-order valence-corrected chi connectivity index (χ2v) is 12.4. The lowest BCUT2D eigenvalue weighted by molar-refractivity contribution is 1.32. The predicted molar refractivity (Wildman–Crippen MR) is 192 cm³/mol. The summed E-state index contributed by atoms with van der Waals surface area (Å²) >= 11 is 1.87. The number of hydrogen-bond acceptors (Lipinski definition) is 2. The van der Waals surface area contributed by atoms with Crippen LogP contribution in [0, 0.1) is 0 Å². The fraction of sp³-hybridized carbons (Fsp3) is 0. The van der Waals surface area contributed by atoms with Gasteiger partial charge in [0.25, 0.3) is 0 Å². The number of anilines is 3. The van der Waals surface area contributed by atoms with Gasteiger partial charge in [-0.15, -0.1) is 11.3 Å². The molecule has 0 aliphatic carbocycles. The van der Waals surface area contributed by atoms with Crippen molar-refractivity contribution in [1.82, 2.24) is 0 Å². The molecule has 1 heterocycles. The average Bonchev–Trinajstić information content (AvgIpc) is 3.48. The first-order valence-corrected chi connectivity index (χ1v) is 15.8. The van der Waals surface area contributed by atoms with Crippen LogP contribution < -0.4 is 4.90 Å². The second-order valence-electron chi connectivity index (χ2n) is 11.3. The Morgan fingerprint density at radius 2 is 1.00 bits per heavy atom. The molecule has 9 rings (SSSR count). The Labute approximate surface area is 259 Å². The highest BCUT2D eigenvalue weighted by Crippen LogP contribution is 2.47. The number of fused-ring (bicyclic) bond motifs is 7. The zero-order valence-electron chi connectivity index (χ0n) is 23.9. The van der Waals surface area contributed by atoms with Gasteiger partial charge in [0.15, 0.2) is 0 Å². The molecule has 1 nitrogen and oxygen atoms in total. The van der Waals surface area contributed by atoms with Gasteiger partial charge in [-0.1, -0.05) is 133 Å². The topological polar surface area (TPSA) is 3.24 Å². The molecule has 0 saturated heterocycles. The van der Waals surface area contributed by atoms with E-state index in [0.29, 0.717) is 0 Å². The van der Waals surface area contributed by atoms with Gasteiger partial charge in [-0.3, -0.25) is 0 Å². The Morgan fingerprint density at radius 3 is 1.84 bits per heavy atom. The highest BCUT2D eigenvalue weighted by atomic mass is 32.1. The molecule has 9 aromatic rings. The summed E-state index contributed by atoms with van der Waals surface area (Å²) < 4.78 is 2.61. The molecule has 1 aromatic heterocycles. The predicted octanol–water partition coefficient (Wildman–Crippen LogP) is 12.7. The quantitative estimate of drug-likeness (QED) is 0.188. The van der Waals surface area contributed by atoms with E-state index in [4.69, 9.17) is 0 Å². The molecule has 0 aliphatic heterocycles. The summed E-state index contributed by atoms with van der Waals surface area (Å²) in [4.78, 5) is 2.47. The van der Waals surface area contributed by atoms with Gasteiger partial charge < -0.3 is 4.90 Å². The molecule has 0 spiro atoms. The summed E-state index contributed by atoms with van der Waals surface area (Å²) in [6.07, 6.45) is 0. The van der Waals surface area contributed by atoms with Crippen molar-refractivity contribution >= 4 is 80.9 Å². The Kier molecular flexibility index (Phi) is 5.75. The first-order chi connectivity index (χ1) is 21.8. The summed E-state index contributed by atoms with van der Waals surface area (Å²) in [5.74, 6) is 0.